The van der Waals surface area contributed by atoms with Crippen LogP contribution >= 0.6 is 0 Å². The molecule has 0 aliphatic carbocycles. The molecule has 2 aromatic carbocycles. The van der Waals surface area contributed by atoms with Crippen molar-refractivity contribution in [3.8, 4) is 17.2 Å². The molecule has 0 radical (unpaired) electrons. The molecule has 0 saturated heterocycles. The number of benzene rings is 2. The molecule has 122 valence electrons. The number of rotatable bonds is 6. The predicted molar refractivity (Wildman–Crippen MR) is 88.4 cm³/mol. The number of carbonyl (C=O) groups excluding carboxylic acids is 1. The zero-order valence-corrected chi connectivity index (χ0v) is 13.8. The van der Waals surface area contributed by atoms with Gasteiger partial charge in [0.2, 0.25) is 0 Å². The van der Waals surface area contributed by atoms with Gasteiger partial charge < -0.3 is 19.5 Å². The molecule has 2 rings (SSSR count). The molecule has 23 heavy (non-hydrogen) atoms. The molecule has 1 N–H and O–H groups in total. The van der Waals surface area contributed by atoms with Gasteiger partial charge in [-0.1, -0.05) is 12.1 Å². The zero-order valence-electron chi connectivity index (χ0n) is 13.8. The third kappa shape index (κ3) is 3.94. The number of hydrogen-bond donors (Lipinski definition) is 1. The molecule has 0 aromatic heterocycles. The lowest BCUT2D eigenvalue weighted by Gasteiger charge is -2.15. The van der Waals surface area contributed by atoms with Gasteiger partial charge in [0, 0.05) is 5.56 Å². The van der Waals surface area contributed by atoms with Gasteiger partial charge in [-0.15, -0.1) is 0 Å². The number of carbonyl (C=O) groups is 1. The minimum absolute atomic E-state index is 0.124. The van der Waals surface area contributed by atoms with Crippen molar-refractivity contribution in [2.75, 3.05) is 21.3 Å². The SMILES string of the molecule is COc1ccc([C@H](C)NC(=O)c2ccc(OC)c(OC)c2)cc1. The van der Waals surface area contributed by atoms with Crippen molar-refractivity contribution >= 4 is 5.91 Å². The molecule has 5 nitrogen and oxygen atoms in total. The van der Waals surface area contributed by atoms with Crippen molar-refractivity contribution in [3.05, 3.63) is 53.6 Å². The molecule has 0 bridgehead atoms. The Balaban J connectivity index is 2.11. The maximum absolute atomic E-state index is 12.4. The topological polar surface area (TPSA) is 56.8 Å². The summed E-state index contributed by atoms with van der Waals surface area (Å²) in [5.41, 5.74) is 1.52. The minimum atomic E-state index is -0.172. The van der Waals surface area contributed by atoms with Gasteiger partial charge >= 0.3 is 0 Å². The number of ether oxygens (including phenoxy) is 3. The van der Waals surface area contributed by atoms with Crippen molar-refractivity contribution in [1.82, 2.24) is 5.32 Å². The second kappa shape index (κ2) is 7.54. The Bertz CT molecular complexity index is 667. The van der Waals surface area contributed by atoms with Gasteiger partial charge in [0.05, 0.1) is 27.4 Å². The lowest BCUT2D eigenvalue weighted by atomic mass is 10.1. The van der Waals surface area contributed by atoms with E-state index in [-0.39, 0.29) is 11.9 Å². The average Bonchev–Trinajstić information content (AvgIpc) is 2.60. The summed E-state index contributed by atoms with van der Waals surface area (Å²) in [5.74, 6) is 1.73. The molecular weight excluding hydrogens is 294 g/mol. The lowest BCUT2D eigenvalue weighted by Crippen LogP contribution is -2.26. The van der Waals surface area contributed by atoms with E-state index in [0.29, 0.717) is 17.1 Å². The first-order chi connectivity index (χ1) is 11.1. The van der Waals surface area contributed by atoms with Gasteiger partial charge in [0.1, 0.15) is 5.75 Å². The van der Waals surface area contributed by atoms with Gasteiger partial charge in [-0.3, -0.25) is 4.79 Å². The molecule has 0 fully saturated rings. The highest BCUT2D eigenvalue weighted by molar-refractivity contribution is 5.95. The normalized spacial score (nSPS) is 11.5. The number of amides is 1. The molecule has 0 aliphatic rings. The lowest BCUT2D eigenvalue weighted by molar-refractivity contribution is 0.0939. The molecule has 2 aromatic rings. The Morgan fingerprint density at radius 3 is 2.13 bits per heavy atom. The Morgan fingerprint density at radius 2 is 1.57 bits per heavy atom. The average molecular weight is 315 g/mol. The van der Waals surface area contributed by atoms with E-state index in [0.717, 1.165) is 11.3 Å². The summed E-state index contributed by atoms with van der Waals surface area (Å²) >= 11 is 0. The van der Waals surface area contributed by atoms with Crippen LogP contribution in [-0.2, 0) is 0 Å². The first-order valence-corrected chi connectivity index (χ1v) is 7.26. The fourth-order valence-corrected chi connectivity index (χ4v) is 2.23. The second-order valence-corrected chi connectivity index (χ2v) is 5.04. The van der Waals surface area contributed by atoms with Crippen LogP contribution < -0.4 is 19.5 Å². The third-order valence-corrected chi connectivity index (χ3v) is 3.61. The van der Waals surface area contributed by atoms with Crippen LogP contribution in [0.4, 0.5) is 0 Å². The van der Waals surface area contributed by atoms with E-state index in [1.165, 1.54) is 0 Å². The second-order valence-electron chi connectivity index (χ2n) is 5.04. The van der Waals surface area contributed by atoms with Crippen LogP contribution in [0.2, 0.25) is 0 Å². The molecule has 0 aliphatic heterocycles. The van der Waals surface area contributed by atoms with Crippen molar-refractivity contribution in [3.63, 3.8) is 0 Å². The zero-order chi connectivity index (χ0) is 16.8. The fourth-order valence-electron chi connectivity index (χ4n) is 2.23. The van der Waals surface area contributed by atoms with E-state index >= 15 is 0 Å². The molecule has 0 heterocycles. The van der Waals surface area contributed by atoms with Gasteiger partial charge in [0.15, 0.2) is 11.5 Å². The Kier molecular flexibility index (Phi) is 5.46. The number of methoxy groups -OCH3 is 3. The van der Waals surface area contributed by atoms with Crippen LogP contribution in [0.1, 0.15) is 28.9 Å². The van der Waals surface area contributed by atoms with E-state index in [1.54, 1.807) is 39.5 Å². The monoisotopic (exact) mass is 315 g/mol. The Morgan fingerprint density at radius 1 is 0.913 bits per heavy atom. The number of nitrogens with one attached hydrogen (secondary N) is 1. The van der Waals surface area contributed by atoms with E-state index in [9.17, 15) is 4.79 Å². The Labute approximate surface area is 136 Å². The van der Waals surface area contributed by atoms with E-state index in [1.807, 2.05) is 31.2 Å². The minimum Gasteiger partial charge on any atom is -0.497 e. The van der Waals surface area contributed by atoms with Gasteiger partial charge in [0.25, 0.3) is 5.91 Å². The summed E-state index contributed by atoms with van der Waals surface area (Å²) < 4.78 is 15.5. The molecule has 1 atom stereocenters. The van der Waals surface area contributed by atoms with E-state index < -0.39 is 0 Å². The van der Waals surface area contributed by atoms with E-state index in [2.05, 4.69) is 5.32 Å². The largest absolute Gasteiger partial charge is 0.497 e. The van der Waals surface area contributed by atoms with Crippen LogP contribution in [-0.4, -0.2) is 27.2 Å². The quantitative estimate of drug-likeness (QED) is 0.889. The van der Waals surface area contributed by atoms with Gasteiger partial charge in [-0.05, 0) is 42.8 Å². The molecule has 5 heteroatoms. The first-order valence-electron chi connectivity index (χ1n) is 7.26. The summed E-state index contributed by atoms with van der Waals surface area (Å²) in [6.07, 6.45) is 0. The van der Waals surface area contributed by atoms with Crippen molar-refractivity contribution in [1.29, 1.82) is 0 Å². The number of hydrogen-bond acceptors (Lipinski definition) is 4. The van der Waals surface area contributed by atoms with Gasteiger partial charge in [-0.2, -0.15) is 0 Å². The molecule has 0 spiro atoms. The predicted octanol–water partition coefficient (Wildman–Crippen LogP) is 3.20. The van der Waals surface area contributed by atoms with Crippen LogP contribution in [0.15, 0.2) is 42.5 Å². The van der Waals surface area contributed by atoms with Crippen molar-refractivity contribution in [2.24, 2.45) is 0 Å². The summed E-state index contributed by atoms with van der Waals surface area (Å²) in [6.45, 7) is 1.93. The maximum Gasteiger partial charge on any atom is 0.251 e. The van der Waals surface area contributed by atoms with Gasteiger partial charge in [-0.25, -0.2) is 0 Å². The molecule has 1 amide bonds. The highest BCUT2D eigenvalue weighted by Gasteiger charge is 2.14. The van der Waals surface area contributed by atoms with Crippen molar-refractivity contribution in [2.45, 2.75) is 13.0 Å². The third-order valence-electron chi connectivity index (χ3n) is 3.61. The molecular formula is C18H21NO4. The standard InChI is InChI=1S/C18H21NO4/c1-12(13-5-8-15(21-2)9-6-13)19-18(20)14-7-10-16(22-3)17(11-14)23-4/h5-12H,1-4H3,(H,19,20)/t12-/m0/s1. The summed E-state index contributed by atoms with van der Waals surface area (Å²) in [7, 11) is 4.72. The summed E-state index contributed by atoms with van der Waals surface area (Å²) in [6, 6.07) is 12.6. The smallest absolute Gasteiger partial charge is 0.251 e. The van der Waals surface area contributed by atoms with Crippen LogP contribution in [0.5, 0.6) is 17.2 Å². The Hall–Kier alpha value is -2.69. The molecule has 0 saturated carbocycles. The fraction of sp³-hybridized carbons (Fsp3) is 0.278. The van der Waals surface area contributed by atoms with Crippen molar-refractivity contribution < 1.29 is 19.0 Å². The van der Waals surface area contributed by atoms with E-state index in [4.69, 9.17) is 14.2 Å². The highest BCUT2D eigenvalue weighted by atomic mass is 16.5. The molecule has 0 unspecified atom stereocenters. The van der Waals surface area contributed by atoms with Crippen LogP contribution in [0, 0.1) is 0 Å². The maximum atomic E-state index is 12.4. The highest BCUT2D eigenvalue weighted by Crippen LogP contribution is 2.27. The summed E-state index contributed by atoms with van der Waals surface area (Å²) in [4.78, 5) is 12.4. The van der Waals surface area contributed by atoms with Crippen LogP contribution in [0.25, 0.3) is 0 Å². The first kappa shape index (κ1) is 16.7. The van der Waals surface area contributed by atoms with Crippen LogP contribution in [0.3, 0.4) is 0 Å². The summed E-state index contributed by atoms with van der Waals surface area (Å²) in [5, 5.41) is 2.96.